The lowest BCUT2D eigenvalue weighted by atomic mass is 10.4. The van der Waals surface area contributed by atoms with Gasteiger partial charge in [0.15, 0.2) is 0 Å². The van der Waals surface area contributed by atoms with E-state index in [1.165, 1.54) is 0 Å². The molecule has 0 aliphatic heterocycles. The van der Waals surface area contributed by atoms with Crippen molar-refractivity contribution in [1.82, 2.24) is 0 Å². The number of thioether (sulfide) groups is 1. The largest absolute Gasteiger partial charge is 0.394 e. The van der Waals surface area contributed by atoms with Gasteiger partial charge >= 0.3 is 0 Å². The second-order valence-corrected chi connectivity index (χ2v) is 28.0. The summed E-state index contributed by atoms with van der Waals surface area (Å²) >= 11 is 1.11. The van der Waals surface area contributed by atoms with Crippen LogP contribution >= 0.6 is 11.8 Å². The first kappa shape index (κ1) is 132. The van der Waals surface area contributed by atoms with Crippen molar-refractivity contribution < 1.29 is 220 Å². The van der Waals surface area contributed by atoms with Gasteiger partial charge in [-0.05, 0) is 0 Å². The Morgan fingerprint density at radius 1 is 0.128 bits per heavy atom. The summed E-state index contributed by atoms with van der Waals surface area (Å²) in [5, 5.41) is 56.4. The van der Waals surface area contributed by atoms with Gasteiger partial charge in [-0.15, -0.1) is 0 Å². The molecule has 0 bridgehead atoms. The number of ether oxygens (including phenoxy) is 40. The highest BCUT2D eigenvalue weighted by molar-refractivity contribution is 8.00. The molecule has 0 aromatic rings. The minimum atomic E-state index is -1.34. The van der Waals surface area contributed by atoms with Gasteiger partial charge in [-0.3, -0.25) is 0 Å². The van der Waals surface area contributed by atoms with Crippen LogP contribution < -0.4 is 0 Å². The molecule has 0 fully saturated rings. The zero-order chi connectivity index (χ0) is 95.3. The maximum absolute atomic E-state index is 11.2. The van der Waals surface area contributed by atoms with Gasteiger partial charge in [0.05, 0.1) is 542 Å². The molecule has 133 heavy (non-hydrogen) atoms. The van der Waals surface area contributed by atoms with E-state index in [2.05, 4.69) is 0 Å². The van der Waals surface area contributed by atoms with E-state index in [4.69, 9.17) is 210 Å². The van der Waals surface area contributed by atoms with Crippen molar-refractivity contribution in [3.05, 3.63) is 0 Å². The Bertz CT molecular complexity index is 2030. The van der Waals surface area contributed by atoms with Crippen LogP contribution in [0.2, 0.25) is 0 Å². The van der Waals surface area contributed by atoms with Gasteiger partial charge in [0.25, 0.3) is 0 Å². The normalized spacial score (nSPS) is 12.9. The van der Waals surface area contributed by atoms with Crippen LogP contribution in [-0.4, -0.2) is 595 Å². The molecule has 0 saturated carbocycles. The fourth-order valence-corrected chi connectivity index (χ4v) is 10.8. The van der Waals surface area contributed by atoms with Crippen molar-refractivity contribution in [2.75, 3.05) is 542 Å². The standard InChI is InChI=1S/C86H174O46S/c87-1-5-93-9-13-97-17-21-101-25-29-105-33-37-109-41-42-113-49-50-117-57-58-121-65-66-125-73-74-129-82-84(130-78-75-126-70-67-122-62-59-118-54-51-114-46-43-110-38-34-106-30-26-102-22-18-98-14-10-94-6-2-88)86(132-80-77-128-72-69-124-64-61-120-56-53-116-48-45-112-40-36-108-32-28-104-24-20-100-16-12-96-8-4-90)133-85(83(92)81-91)131-79-76-127-71-68-123-63-60-119-55-52-115-47-44-111-39-35-107-31-27-103-23-19-99-15-11-95-7-3-89/h83-92H,1-82H2. The van der Waals surface area contributed by atoms with Gasteiger partial charge in [-0.2, -0.15) is 0 Å². The molecule has 0 saturated heterocycles. The van der Waals surface area contributed by atoms with Gasteiger partial charge in [-0.25, -0.2) is 0 Å². The first-order valence-electron chi connectivity index (χ1n) is 46.7. The van der Waals surface area contributed by atoms with E-state index < -0.39 is 29.7 Å². The van der Waals surface area contributed by atoms with Crippen molar-refractivity contribution in [1.29, 1.82) is 0 Å². The van der Waals surface area contributed by atoms with Crippen molar-refractivity contribution >= 4 is 11.8 Å². The second kappa shape index (κ2) is 123. The topological polar surface area (TPSA) is 491 Å². The highest BCUT2D eigenvalue weighted by Gasteiger charge is 2.32. The predicted octanol–water partition coefficient (Wildman–Crippen LogP) is -2.27. The minimum absolute atomic E-state index is 0.00789. The Balaban J connectivity index is 5.28. The van der Waals surface area contributed by atoms with E-state index in [1.54, 1.807) is 0 Å². The first-order valence-corrected chi connectivity index (χ1v) is 47.7. The van der Waals surface area contributed by atoms with Crippen LogP contribution in [0.5, 0.6) is 0 Å². The third kappa shape index (κ3) is 114. The molecule has 0 rings (SSSR count). The third-order valence-electron chi connectivity index (χ3n) is 16.2. The number of hydrogen-bond acceptors (Lipinski definition) is 47. The zero-order valence-electron chi connectivity index (χ0n) is 79.7. The monoisotopic (exact) mass is 1980 g/mol. The highest BCUT2D eigenvalue weighted by atomic mass is 32.2. The van der Waals surface area contributed by atoms with Crippen molar-refractivity contribution in [3.63, 3.8) is 0 Å². The van der Waals surface area contributed by atoms with Crippen LogP contribution in [0.3, 0.4) is 0 Å². The number of hydrogen-bond donors (Lipinski definition) is 6. The predicted molar refractivity (Wildman–Crippen MR) is 479 cm³/mol. The van der Waals surface area contributed by atoms with E-state index in [0.717, 1.165) is 11.8 Å². The Hall–Kier alpha value is -1.49. The SMILES string of the molecule is OCCOCCOCCOCCOCCOCCOCCOCCOCCOCCOCC(OCCOCCOCCOCCOCCOCCOCCOCCOCCOCCO)C(OCCOCCOCCOCCOCCOCCOCCOCCOCCOCCO)SC(OCCOCCOCCOCCOCCOCCOCCOCCOCCOCCO)C(O)CO. The molecule has 0 aromatic heterocycles. The maximum Gasteiger partial charge on any atom is 0.134 e. The van der Waals surface area contributed by atoms with Crippen LogP contribution in [0.15, 0.2) is 0 Å². The molecule has 0 spiro atoms. The quantitative estimate of drug-likeness (QED) is 0.0276. The molecule has 0 aliphatic carbocycles. The first-order chi connectivity index (χ1) is 66.1. The maximum atomic E-state index is 11.2. The molecule has 4 atom stereocenters. The van der Waals surface area contributed by atoms with Crippen LogP contribution in [0.1, 0.15) is 0 Å². The van der Waals surface area contributed by atoms with Crippen molar-refractivity contribution in [3.8, 4) is 0 Å². The van der Waals surface area contributed by atoms with Crippen molar-refractivity contribution in [2.24, 2.45) is 0 Å². The highest BCUT2D eigenvalue weighted by Crippen LogP contribution is 2.28. The van der Waals surface area contributed by atoms with E-state index >= 15 is 0 Å². The zero-order valence-corrected chi connectivity index (χ0v) is 80.5. The lowest BCUT2D eigenvalue weighted by Gasteiger charge is -2.31. The molecule has 0 heterocycles. The summed E-state index contributed by atoms with van der Waals surface area (Å²) in [5.74, 6) is 0. The minimum Gasteiger partial charge on any atom is -0.394 e. The Labute approximate surface area is 793 Å². The Kier molecular flexibility index (Phi) is 121. The third-order valence-corrected chi connectivity index (χ3v) is 17.6. The second-order valence-electron chi connectivity index (χ2n) is 26.8. The lowest BCUT2D eigenvalue weighted by Crippen LogP contribution is -2.40. The summed E-state index contributed by atoms with van der Waals surface area (Å²) in [7, 11) is 0. The molecule has 46 nitrogen and oxygen atoms in total. The molecule has 4 unspecified atom stereocenters. The summed E-state index contributed by atoms with van der Waals surface area (Å²) in [4.78, 5) is 0. The molecule has 0 radical (unpaired) electrons. The van der Waals surface area contributed by atoms with Gasteiger partial charge in [-0.1, -0.05) is 11.8 Å². The summed E-state index contributed by atoms with van der Waals surface area (Å²) in [6.07, 6.45) is -2.11. The number of aliphatic hydroxyl groups is 6. The summed E-state index contributed by atoms with van der Waals surface area (Å²) in [5.41, 5.74) is -1.86. The van der Waals surface area contributed by atoms with E-state index in [-0.39, 0.29) is 106 Å². The number of rotatable bonds is 126. The van der Waals surface area contributed by atoms with Crippen LogP contribution in [0.4, 0.5) is 0 Å². The van der Waals surface area contributed by atoms with E-state index in [0.29, 0.717) is 429 Å². The lowest BCUT2D eigenvalue weighted by molar-refractivity contribution is -0.0995. The van der Waals surface area contributed by atoms with Crippen LogP contribution in [0, 0.1) is 0 Å². The molecular formula is C86H174O46S. The van der Waals surface area contributed by atoms with Crippen molar-refractivity contribution in [2.45, 2.75) is 23.1 Å². The molecule has 800 valence electrons. The summed E-state index contributed by atoms with van der Waals surface area (Å²) in [6.45, 7) is 27.8. The van der Waals surface area contributed by atoms with Gasteiger partial charge < -0.3 is 220 Å². The summed E-state index contributed by atoms with van der Waals surface area (Å²) < 4.78 is 225. The molecule has 0 aromatic carbocycles. The van der Waals surface area contributed by atoms with Gasteiger partial charge in [0, 0.05) is 0 Å². The molecule has 0 amide bonds. The van der Waals surface area contributed by atoms with E-state index in [9.17, 15) is 10.2 Å². The Morgan fingerprint density at radius 2 is 0.241 bits per heavy atom. The molecule has 6 N–H and O–H groups in total. The van der Waals surface area contributed by atoms with E-state index in [1.807, 2.05) is 0 Å². The molecule has 47 heteroatoms. The average molecular weight is 1980 g/mol. The smallest absolute Gasteiger partial charge is 0.134 e. The number of aliphatic hydroxyl groups excluding tert-OH is 6. The van der Waals surface area contributed by atoms with Gasteiger partial charge in [0.2, 0.25) is 0 Å². The molecule has 0 aliphatic rings. The van der Waals surface area contributed by atoms with Crippen LogP contribution in [0.25, 0.3) is 0 Å². The average Bonchev–Trinajstić information content (AvgIpc) is 0.878. The summed E-state index contributed by atoms with van der Waals surface area (Å²) in [6, 6.07) is 0. The van der Waals surface area contributed by atoms with Gasteiger partial charge in [0.1, 0.15) is 23.1 Å². The Morgan fingerprint density at radius 3 is 0.376 bits per heavy atom. The molecular weight excluding hydrogens is 1800 g/mol. The fraction of sp³-hybridized carbons (Fsp3) is 1.00. The fourth-order valence-electron chi connectivity index (χ4n) is 9.62. The van der Waals surface area contributed by atoms with Crippen LogP contribution in [-0.2, 0) is 189 Å².